The fourth-order valence-electron chi connectivity index (χ4n) is 1.84. The molecule has 0 aliphatic heterocycles. The van der Waals surface area contributed by atoms with Gasteiger partial charge < -0.3 is 5.73 Å². The number of halogens is 2. The minimum atomic E-state index is -0.547. The van der Waals surface area contributed by atoms with Crippen LogP contribution in [0.3, 0.4) is 0 Å². The molecule has 1 nitrogen and oxygen atoms in total. The van der Waals surface area contributed by atoms with E-state index in [9.17, 15) is 8.78 Å². The van der Waals surface area contributed by atoms with E-state index < -0.39 is 11.6 Å². The van der Waals surface area contributed by atoms with Crippen LogP contribution in [0.4, 0.5) is 8.78 Å². The second-order valence-electron chi connectivity index (χ2n) is 3.92. The lowest BCUT2D eigenvalue weighted by molar-refractivity contribution is 0.263. The third-order valence-corrected chi connectivity index (χ3v) is 2.93. The number of benzene rings is 1. The Labute approximate surface area is 81.9 Å². The van der Waals surface area contributed by atoms with E-state index in [0.717, 1.165) is 18.9 Å². The Hall–Kier alpha value is -0.960. The van der Waals surface area contributed by atoms with Gasteiger partial charge in [0.05, 0.1) is 0 Å². The maximum Gasteiger partial charge on any atom is 0.126 e. The van der Waals surface area contributed by atoms with Crippen LogP contribution in [0.25, 0.3) is 0 Å². The van der Waals surface area contributed by atoms with Crippen molar-refractivity contribution in [2.75, 3.05) is 0 Å². The molecular weight excluding hydrogens is 184 g/mol. The van der Waals surface area contributed by atoms with Crippen LogP contribution in [0.5, 0.6) is 0 Å². The van der Waals surface area contributed by atoms with E-state index in [4.69, 9.17) is 5.73 Å². The maximum absolute atomic E-state index is 12.9. The molecule has 1 fully saturated rings. The van der Waals surface area contributed by atoms with Crippen molar-refractivity contribution in [2.45, 2.75) is 25.3 Å². The molecule has 0 amide bonds. The van der Waals surface area contributed by atoms with Gasteiger partial charge in [0.1, 0.15) is 11.6 Å². The van der Waals surface area contributed by atoms with Crippen LogP contribution in [0.15, 0.2) is 18.2 Å². The van der Waals surface area contributed by atoms with Gasteiger partial charge in [-0.15, -0.1) is 0 Å². The van der Waals surface area contributed by atoms with Gasteiger partial charge in [-0.2, -0.15) is 0 Å². The van der Waals surface area contributed by atoms with Gasteiger partial charge in [0.2, 0.25) is 0 Å². The molecule has 1 atom stereocenters. The number of rotatable bonds is 2. The predicted octanol–water partition coefficient (Wildman–Crippen LogP) is 2.76. The van der Waals surface area contributed by atoms with Gasteiger partial charge in [0.15, 0.2) is 0 Å². The third kappa shape index (κ3) is 1.77. The summed E-state index contributed by atoms with van der Waals surface area (Å²) in [5, 5.41) is 0. The van der Waals surface area contributed by atoms with Crippen molar-refractivity contribution in [1.82, 2.24) is 0 Å². The van der Waals surface area contributed by atoms with Crippen molar-refractivity contribution in [3.05, 3.63) is 35.4 Å². The van der Waals surface area contributed by atoms with E-state index in [0.29, 0.717) is 11.5 Å². The zero-order valence-corrected chi connectivity index (χ0v) is 7.84. The average molecular weight is 197 g/mol. The SMILES string of the molecule is NC(c1cc(F)cc(F)c1)C1CCC1. The van der Waals surface area contributed by atoms with E-state index in [1.165, 1.54) is 18.6 Å². The molecule has 1 aliphatic rings. The molecule has 14 heavy (non-hydrogen) atoms. The molecular formula is C11H13F2N. The molecule has 1 unspecified atom stereocenters. The molecule has 1 saturated carbocycles. The van der Waals surface area contributed by atoms with Crippen LogP contribution in [-0.2, 0) is 0 Å². The highest BCUT2D eigenvalue weighted by Crippen LogP contribution is 2.36. The summed E-state index contributed by atoms with van der Waals surface area (Å²) in [5.74, 6) is -0.694. The second-order valence-corrected chi connectivity index (χ2v) is 3.92. The lowest BCUT2D eigenvalue weighted by Crippen LogP contribution is -2.26. The largest absolute Gasteiger partial charge is 0.324 e. The first kappa shape index (κ1) is 9.59. The Morgan fingerprint density at radius 1 is 1.14 bits per heavy atom. The van der Waals surface area contributed by atoms with E-state index in [2.05, 4.69) is 0 Å². The van der Waals surface area contributed by atoms with Crippen LogP contribution in [0.1, 0.15) is 30.9 Å². The van der Waals surface area contributed by atoms with Crippen molar-refractivity contribution in [2.24, 2.45) is 11.7 Å². The third-order valence-electron chi connectivity index (χ3n) is 2.93. The summed E-state index contributed by atoms with van der Waals surface area (Å²) >= 11 is 0. The van der Waals surface area contributed by atoms with Gasteiger partial charge in [-0.1, -0.05) is 6.42 Å². The van der Waals surface area contributed by atoms with E-state index >= 15 is 0 Å². The van der Waals surface area contributed by atoms with Crippen LogP contribution < -0.4 is 5.73 Å². The quantitative estimate of drug-likeness (QED) is 0.775. The monoisotopic (exact) mass is 197 g/mol. The Bertz CT molecular complexity index is 314. The van der Waals surface area contributed by atoms with Crippen LogP contribution >= 0.6 is 0 Å². The molecule has 1 aromatic rings. The standard InChI is InChI=1S/C11H13F2N/c12-9-4-8(5-10(13)6-9)11(14)7-2-1-3-7/h4-7,11H,1-3,14H2. The molecule has 2 N–H and O–H groups in total. The molecule has 0 bridgehead atoms. The number of nitrogens with two attached hydrogens (primary N) is 1. The van der Waals surface area contributed by atoms with Crippen molar-refractivity contribution >= 4 is 0 Å². The van der Waals surface area contributed by atoms with Gasteiger partial charge in [-0.3, -0.25) is 0 Å². The van der Waals surface area contributed by atoms with Crippen molar-refractivity contribution in [3.8, 4) is 0 Å². The fourth-order valence-corrected chi connectivity index (χ4v) is 1.84. The topological polar surface area (TPSA) is 26.0 Å². The highest BCUT2D eigenvalue weighted by Gasteiger charge is 2.25. The zero-order chi connectivity index (χ0) is 10.1. The lowest BCUT2D eigenvalue weighted by atomic mass is 9.77. The molecule has 1 aliphatic carbocycles. The Balaban J connectivity index is 2.21. The maximum atomic E-state index is 12.9. The molecule has 0 radical (unpaired) electrons. The van der Waals surface area contributed by atoms with Gasteiger partial charge in [0.25, 0.3) is 0 Å². The first-order valence-electron chi connectivity index (χ1n) is 4.88. The van der Waals surface area contributed by atoms with Gasteiger partial charge >= 0.3 is 0 Å². The van der Waals surface area contributed by atoms with Gasteiger partial charge in [-0.05, 0) is 36.5 Å². The minimum Gasteiger partial charge on any atom is -0.324 e. The van der Waals surface area contributed by atoms with E-state index in [1.807, 2.05) is 0 Å². The summed E-state index contributed by atoms with van der Waals surface area (Å²) in [4.78, 5) is 0. The molecule has 0 heterocycles. The summed E-state index contributed by atoms with van der Waals surface area (Å²) in [5.41, 5.74) is 6.48. The van der Waals surface area contributed by atoms with Crippen LogP contribution in [0, 0.1) is 17.6 Å². The minimum absolute atomic E-state index is 0.214. The molecule has 2 rings (SSSR count). The summed E-state index contributed by atoms with van der Waals surface area (Å²) < 4.78 is 25.8. The zero-order valence-electron chi connectivity index (χ0n) is 7.84. The van der Waals surface area contributed by atoms with Crippen molar-refractivity contribution in [1.29, 1.82) is 0 Å². The molecule has 0 aromatic heterocycles. The van der Waals surface area contributed by atoms with Gasteiger partial charge in [-0.25, -0.2) is 8.78 Å². The fraction of sp³-hybridized carbons (Fsp3) is 0.455. The molecule has 76 valence electrons. The summed E-state index contributed by atoms with van der Waals surface area (Å²) in [7, 11) is 0. The molecule has 1 aromatic carbocycles. The van der Waals surface area contributed by atoms with Gasteiger partial charge in [0, 0.05) is 12.1 Å². The second kappa shape index (κ2) is 3.65. The number of hydrogen-bond acceptors (Lipinski definition) is 1. The summed E-state index contributed by atoms with van der Waals surface area (Å²) in [6.07, 6.45) is 3.31. The van der Waals surface area contributed by atoms with E-state index in [1.54, 1.807) is 0 Å². The summed E-state index contributed by atoms with van der Waals surface area (Å²) in [6.45, 7) is 0. The number of hydrogen-bond donors (Lipinski definition) is 1. The van der Waals surface area contributed by atoms with Crippen LogP contribution in [-0.4, -0.2) is 0 Å². The first-order chi connectivity index (χ1) is 6.66. The highest BCUT2D eigenvalue weighted by molar-refractivity contribution is 5.22. The summed E-state index contributed by atoms with van der Waals surface area (Å²) in [6, 6.07) is 3.31. The van der Waals surface area contributed by atoms with Crippen molar-refractivity contribution in [3.63, 3.8) is 0 Å². The Morgan fingerprint density at radius 2 is 1.71 bits per heavy atom. The smallest absolute Gasteiger partial charge is 0.126 e. The highest BCUT2D eigenvalue weighted by atomic mass is 19.1. The van der Waals surface area contributed by atoms with Crippen molar-refractivity contribution < 1.29 is 8.78 Å². The molecule has 0 saturated heterocycles. The Kier molecular flexibility index (Phi) is 2.50. The predicted molar refractivity (Wildman–Crippen MR) is 50.6 cm³/mol. The first-order valence-corrected chi connectivity index (χ1v) is 4.88. The van der Waals surface area contributed by atoms with E-state index in [-0.39, 0.29) is 6.04 Å². The normalized spacial score (nSPS) is 19.1. The lowest BCUT2D eigenvalue weighted by Gasteiger charge is -2.31. The molecule has 3 heteroatoms. The van der Waals surface area contributed by atoms with Crippen LogP contribution in [0.2, 0.25) is 0 Å². The Morgan fingerprint density at radius 3 is 2.14 bits per heavy atom. The molecule has 0 spiro atoms. The average Bonchev–Trinajstić information content (AvgIpc) is 1.98.